The lowest BCUT2D eigenvalue weighted by atomic mass is 10.3. The van der Waals surface area contributed by atoms with Crippen molar-refractivity contribution in [2.45, 2.75) is 18.9 Å². The molecular weight excluding hydrogens is 152 g/mol. The fourth-order valence-electron chi connectivity index (χ4n) is 0.962. The first kappa shape index (κ1) is 7.88. The van der Waals surface area contributed by atoms with Gasteiger partial charge in [0.2, 0.25) is 0 Å². The maximum Gasteiger partial charge on any atom is 0.306 e. The van der Waals surface area contributed by atoms with Gasteiger partial charge < -0.3 is 9.29 Å². The van der Waals surface area contributed by atoms with Crippen molar-refractivity contribution in [1.82, 2.24) is 0 Å². The first-order valence-corrected chi connectivity index (χ1v) is 4.90. The van der Waals surface area contributed by atoms with Crippen molar-refractivity contribution >= 4 is 17.1 Å². The maximum absolute atomic E-state index is 10.6. The molecule has 0 saturated carbocycles. The van der Waals surface area contributed by atoms with Gasteiger partial charge in [0.25, 0.3) is 0 Å². The number of hydrogen-bond acceptors (Lipinski definition) is 3. The lowest BCUT2D eigenvalue weighted by molar-refractivity contribution is -0.140. The monoisotopic (exact) mass is 162 g/mol. The van der Waals surface area contributed by atoms with Crippen LogP contribution in [0.15, 0.2) is 0 Å². The maximum atomic E-state index is 10.6. The van der Waals surface area contributed by atoms with Crippen molar-refractivity contribution in [2.24, 2.45) is 0 Å². The summed E-state index contributed by atoms with van der Waals surface area (Å²) in [5.74, 6) is 0.335. The number of cyclic esters (lactones) is 1. The molecule has 1 heterocycles. The van der Waals surface area contributed by atoms with Crippen LogP contribution in [-0.4, -0.2) is 28.6 Å². The van der Waals surface area contributed by atoms with Crippen LogP contribution >= 0.6 is 0 Å². The van der Waals surface area contributed by atoms with E-state index < -0.39 is 11.2 Å². The Kier molecular flexibility index (Phi) is 2.56. The molecular formula is C6H10O3S. The molecule has 10 heavy (non-hydrogen) atoms. The number of rotatable bonds is 2. The molecule has 2 atom stereocenters. The predicted octanol–water partition coefficient (Wildman–Crippen LogP) is 0.0705. The quantitative estimate of drug-likeness (QED) is 0.426. The van der Waals surface area contributed by atoms with E-state index in [0.29, 0.717) is 12.2 Å². The summed E-state index contributed by atoms with van der Waals surface area (Å²) in [6, 6.07) is 0. The molecule has 1 rings (SSSR count). The van der Waals surface area contributed by atoms with E-state index in [0.717, 1.165) is 6.42 Å². The van der Waals surface area contributed by atoms with Crippen LogP contribution < -0.4 is 0 Å². The third kappa shape index (κ3) is 2.19. The largest absolute Gasteiger partial charge is 0.616 e. The lowest BCUT2D eigenvalue weighted by Gasteiger charge is -2.09. The Labute approximate surface area is 62.9 Å². The predicted molar refractivity (Wildman–Crippen MR) is 38.0 cm³/mol. The third-order valence-electron chi connectivity index (χ3n) is 1.39. The molecule has 1 aliphatic rings. The minimum absolute atomic E-state index is 0.0849. The minimum Gasteiger partial charge on any atom is -0.616 e. The standard InChI is InChI=1S/C6H10O3S/c1-10(8)4-5-2-3-6(7)9-5/h5H,2-4H2,1H3. The van der Waals surface area contributed by atoms with Crippen LogP contribution in [0.5, 0.6) is 0 Å². The summed E-state index contributed by atoms with van der Waals surface area (Å²) in [4.78, 5) is 10.5. The summed E-state index contributed by atoms with van der Waals surface area (Å²) in [6.45, 7) is 0. The van der Waals surface area contributed by atoms with Crippen molar-refractivity contribution < 1.29 is 14.1 Å². The second-order valence-electron chi connectivity index (χ2n) is 2.39. The van der Waals surface area contributed by atoms with Gasteiger partial charge in [-0.1, -0.05) is 11.2 Å². The van der Waals surface area contributed by atoms with Gasteiger partial charge in [-0.2, -0.15) is 0 Å². The van der Waals surface area contributed by atoms with E-state index in [1.807, 2.05) is 0 Å². The molecule has 0 amide bonds. The molecule has 0 N–H and O–H groups in total. The van der Waals surface area contributed by atoms with Crippen LogP contribution in [0.1, 0.15) is 12.8 Å². The second kappa shape index (κ2) is 3.25. The Bertz CT molecular complexity index is 135. The Balaban J connectivity index is 2.24. The zero-order chi connectivity index (χ0) is 7.56. The van der Waals surface area contributed by atoms with Crippen molar-refractivity contribution in [3.8, 4) is 0 Å². The SMILES string of the molecule is C[S+]([O-])CC1CCC(=O)O1. The van der Waals surface area contributed by atoms with Gasteiger partial charge in [-0.3, -0.25) is 4.79 Å². The van der Waals surface area contributed by atoms with E-state index >= 15 is 0 Å². The van der Waals surface area contributed by atoms with Crippen LogP contribution in [0.2, 0.25) is 0 Å². The summed E-state index contributed by atoms with van der Waals surface area (Å²) in [6.07, 6.45) is 2.75. The Hall–Kier alpha value is -0.220. The Morgan fingerprint density at radius 3 is 3.00 bits per heavy atom. The molecule has 0 radical (unpaired) electrons. The smallest absolute Gasteiger partial charge is 0.306 e. The molecule has 1 aliphatic heterocycles. The summed E-state index contributed by atoms with van der Waals surface area (Å²) in [5, 5.41) is 0. The van der Waals surface area contributed by atoms with Crippen molar-refractivity contribution in [3.05, 3.63) is 0 Å². The van der Waals surface area contributed by atoms with Gasteiger partial charge in [-0.15, -0.1) is 0 Å². The highest BCUT2D eigenvalue weighted by atomic mass is 32.2. The number of ether oxygens (including phenoxy) is 1. The zero-order valence-corrected chi connectivity index (χ0v) is 6.65. The highest BCUT2D eigenvalue weighted by Gasteiger charge is 2.25. The summed E-state index contributed by atoms with van der Waals surface area (Å²) < 4.78 is 15.5. The van der Waals surface area contributed by atoms with Crippen molar-refractivity contribution in [3.63, 3.8) is 0 Å². The Morgan fingerprint density at radius 2 is 2.60 bits per heavy atom. The summed E-state index contributed by atoms with van der Waals surface area (Å²) in [5.41, 5.74) is 0. The van der Waals surface area contributed by atoms with Crippen LogP contribution in [0, 0.1) is 0 Å². The topological polar surface area (TPSA) is 49.4 Å². The van der Waals surface area contributed by atoms with Gasteiger partial charge in [0.05, 0.1) is 6.26 Å². The van der Waals surface area contributed by atoms with Crippen LogP contribution in [0.3, 0.4) is 0 Å². The first-order chi connectivity index (χ1) is 4.68. The number of hydrogen-bond donors (Lipinski definition) is 0. The van der Waals surface area contributed by atoms with Crippen molar-refractivity contribution in [2.75, 3.05) is 12.0 Å². The molecule has 58 valence electrons. The van der Waals surface area contributed by atoms with Gasteiger partial charge in [0.15, 0.2) is 0 Å². The average molecular weight is 162 g/mol. The van der Waals surface area contributed by atoms with Gasteiger partial charge >= 0.3 is 5.97 Å². The van der Waals surface area contributed by atoms with Gasteiger partial charge in [-0.05, 0) is 6.42 Å². The molecule has 0 aromatic carbocycles. The van der Waals surface area contributed by atoms with Crippen molar-refractivity contribution in [1.29, 1.82) is 0 Å². The van der Waals surface area contributed by atoms with E-state index in [1.54, 1.807) is 6.26 Å². The van der Waals surface area contributed by atoms with Gasteiger partial charge in [0.1, 0.15) is 11.9 Å². The Morgan fingerprint density at radius 1 is 1.90 bits per heavy atom. The number of carbonyl (C=O) groups is 1. The number of esters is 1. The highest BCUT2D eigenvalue weighted by molar-refractivity contribution is 7.90. The van der Waals surface area contributed by atoms with E-state index in [-0.39, 0.29) is 12.1 Å². The summed E-state index contributed by atoms with van der Waals surface area (Å²) in [7, 11) is 0. The molecule has 0 aromatic heterocycles. The molecule has 0 aliphatic carbocycles. The molecule has 1 fully saturated rings. The second-order valence-corrected chi connectivity index (χ2v) is 3.87. The fraction of sp³-hybridized carbons (Fsp3) is 0.833. The van der Waals surface area contributed by atoms with Gasteiger partial charge in [-0.25, -0.2) is 0 Å². The average Bonchev–Trinajstić information content (AvgIpc) is 2.13. The third-order valence-corrected chi connectivity index (χ3v) is 2.23. The van der Waals surface area contributed by atoms with Crippen LogP contribution in [0.4, 0.5) is 0 Å². The zero-order valence-electron chi connectivity index (χ0n) is 5.83. The first-order valence-electron chi connectivity index (χ1n) is 3.18. The van der Waals surface area contributed by atoms with Gasteiger partial charge in [0, 0.05) is 6.42 Å². The summed E-state index contributed by atoms with van der Waals surface area (Å²) >= 11 is -0.848. The van der Waals surface area contributed by atoms with E-state index in [1.165, 1.54) is 0 Å². The van der Waals surface area contributed by atoms with E-state index in [4.69, 9.17) is 4.74 Å². The van der Waals surface area contributed by atoms with E-state index in [9.17, 15) is 9.35 Å². The molecule has 4 heteroatoms. The molecule has 3 nitrogen and oxygen atoms in total. The van der Waals surface area contributed by atoms with Crippen LogP contribution in [0.25, 0.3) is 0 Å². The number of carbonyl (C=O) groups excluding carboxylic acids is 1. The van der Waals surface area contributed by atoms with Crippen LogP contribution in [-0.2, 0) is 20.7 Å². The molecule has 2 unspecified atom stereocenters. The van der Waals surface area contributed by atoms with E-state index in [2.05, 4.69) is 0 Å². The molecule has 0 bridgehead atoms. The fourth-order valence-corrected chi connectivity index (χ4v) is 1.72. The molecule has 0 spiro atoms. The molecule has 1 saturated heterocycles. The minimum atomic E-state index is -0.848. The molecule has 0 aromatic rings. The lowest BCUT2D eigenvalue weighted by Crippen LogP contribution is -2.19. The normalized spacial score (nSPS) is 28.2. The highest BCUT2D eigenvalue weighted by Crippen LogP contribution is 2.14.